The molecule has 2 heterocycles. The highest BCUT2D eigenvalue weighted by Crippen LogP contribution is 2.27. The van der Waals surface area contributed by atoms with Gasteiger partial charge in [-0.15, -0.1) is 0 Å². The van der Waals surface area contributed by atoms with Gasteiger partial charge in [0.05, 0.1) is 23.0 Å². The third-order valence-corrected chi connectivity index (χ3v) is 3.69. The van der Waals surface area contributed by atoms with Crippen LogP contribution in [-0.2, 0) is 0 Å². The van der Waals surface area contributed by atoms with Gasteiger partial charge in [0.25, 0.3) is 0 Å². The van der Waals surface area contributed by atoms with E-state index in [1.54, 1.807) is 29.1 Å². The second-order valence-corrected chi connectivity index (χ2v) is 5.15. The monoisotopic (exact) mass is 304 g/mol. The van der Waals surface area contributed by atoms with E-state index in [-0.39, 0.29) is 5.56 Å². The lowest BCUT2D eigenvalue weighted by Gasteiger charge is -1.99. The lowest BCUT2D eigenvalue weighted by Crippen LogP contribution is -1.94. The van der Waals surface area contributed by atoms with Gasteiger partial charge in [0, 0.05) is 17.1 Å². The zero-order valence-electron chi connectivity index (χ0n) is 12.0. The number of carboxylic acids is 1. The highest BCUT2D eigenvalue weighted by molar-refractivity contribution is 5.98. The molecular weight excluding hydrogens is 292 g/mol. The van der Waals surface area contributed by atoms with Crippen LogP contribution in [0.4, 0.5) is 0 Å². The van der Waals surface area contributed by atoms with Crippen molar-refractivity contribution >= 4 is 16.9 Å². The SMILES string of the molecule is O=C(O)c1ccc2c(-c3cnn(-c4ccccc4)c3)n[nH]c2c1. The Morgan fingerprint density at radius 1 is 1.13 bits per heavy atom. The standard InChI is InChI=1S/C17H12N4O2/c22-17(23)11-6-7-14-15(8-11)19-20-16(14)12-9-18-21(10-12)13-4-2-1-3-5-13/h1-10H,(H,19,20)(H,22,23). The number of hydrogen-bond acceptors (Lipinski definition) is 3. The van der Waals surface area contributed by atoms with Crippen molar-refractivity contribution in [1.29, 1.82) is 0 Å². The van der Waals surface area contributed by atoms with Gasteiger partial charge in [-0.1, -0.05) is 18.2 Å². The Kier molecular flexibility index (Phi) is 2.94. The molecule has 2 aromatic heterocycles. The van der Waals surface area contributed by atoms with E-state index in [9.17, 15) is 4.79 Å². The molecule has 0 amide bonds. The predicted molar refractivity (Wildman–Crippen MR) is 85.6 cm³/mol. The highest BCUT2D eigenvalue weighted by atomic mass is 16.4. The van der Waals surface area contributed by atoms with E-state index in [4.69, 9.17) is 5.11 Å². The first kappa shape index (κ1) is 13.3. The molecule has 6 nitrogen and oxygen atoms in total. The van der Waals surface area contributed by atoms with Crippen molar-refractivity contribution in [3.8, 4) is 16.9 Å². The summed E-state index contributed by atoms with van der Waals surface area (Å²) in [6.07, 6.45) is 3.64. The topological polar surface area (TPSA) is 83.8 Å². The number of hydrogen-bond donors (Lipinski definition) is 2. The second-order valence-electron chi connectivity index (χ2n) is 5.15. The summed E-state index contributed by atoms with van der Waals surface area (Å²) in [5, 5.41) is 21.5. The van der Waals surface area contributed by atoms with Crippen LogP contribution >= 0.6 is 0 Å². The number of para-hydroxylation sites is 1. The van der Waals surface area contributed by atoms with Gasteiger partial charge in [-0.25, -0.2) is 9.48 Å². The lowest BCUT2D eigenvalue weighted by atomic mass is 10.1. The average molecular weight is 304 g/mol. The van der Waals surface area contributed by atoms with Crippen LogP contribution in [0.3, 0.4) is 0 Å². The van der Waals surface area contributed by atoms with Crippen LogP contribution in [0, 0.1) is 0 Å². The Bertz CT molecular complexity index is 1000. The minimum absolute atomic E-state index is 0.229. The number of nitrogens with zero attached hydrogens (tertiary/aromatic N) is 3. The first-order chi connectivity index (χ1) is 11.2. The summed E-state index contributed by atoms with van der Waals surface area (Å²) < 4.78 is 1.78. The number of rotatable bonds is 3. The molecule has 0 aliphatic rings. The van der Waals surface area contributed by atoms with Gasteiger partial charge in [-0.2, -0.15) is 10.2 Å². The molecule has 6 heteroatoms. The maximum absolute atomic E-state index is 11.0. The summed E-state index contributed by atoms with van der Waals surface area (Å²) in [5.74, 6) is -0.958. The molecule has 4 rings (SSSR count). The molecule has 2 N–H and O–H groups in total. The van der Waals surface area contributed by atoms with Crippen LogP contribution in [0.1, 0.15) is 10.4 Å². The lowest BCUT2D eigenvalue weighted by molar-refractivity contribution is 0.0697. The van der Waals surface area contributed by atoms with Crippen molar-refractivity contribution in [3.63, 3.8) is 0 Å². The van der Waals surface area contributed by atoms with Crippen LogP contribution in [0.5, 0.6) is 0 Å². The third-order valence-electron chi connectivity index (χ3n) is 3.69. The van der Waals surface area contributed by atoms with E-state index in [1.165, 1.54) is 0 Å². The number of nitrogens with one attached hydrogen (secondary N) is 1. The quantitative estimate of drug-likeness (QED) is 0.609. The summed E-state index contributed by atoms with van der Waals surface area (Å²) in [7, 11) is 0. The van der Waals surface area contributed by atoms with Gasteiger partial charge >= 0.3 is 5.97 Å². The minimum Gasteiger partial charge on any atom is -0.478 e. The zero-order chi connectivity index (χ0) is 15.8. The number of aromatic nitrogens is 4. The molecule has 112 valence electrons. The van der Waals surface area contributed by atoms with Gasteiger partial charge in [0.1, 0.15) is 5.69 Å². The Morgan fingerprint density at radius 2 is 1.96 bits per heavy atom. The fourth-order valence-corrected chi connectivity index (χ4v) is 2.54. The fourth-order valence-electron chi connectivity index (χ4n) is 2.54. The molecule has 0 fully saturated rings. The van der Waals surface area contributed by atoms with Crippen LogP contribution in [0.25, 0.3) is 27.8 Å². The molecule has 0 spiro atoms. The number of carboxylic acid groups (broad SMARTS) is 1. The van der Waals surface area contributed by atoms with Crippen LogP contribution in [0.2, 0.25) is 0 Å². The normalized spacial score (nSPS) is 11.0. The number of aromatic carboxylic acids is 1. The summed E-state index contributed by atoms with van der Waals surface area (Å²) in [5.41, 5.74) is 3.49. The van der Waals surface area contributed by atoms with E-state index in [1.807, 2.05) is 36.5 Å². The average Bonchev–Trinajstić information content (AvgIpc) is 3.21. The van der Waals surface area contributed by atoms with Crippen molar-refractivity contribution < 1.29 is 9.90 Å². The van der Waals surface area contributed by atoms with Crippen molar-refractivity contribution in [2.24, 2.45) is 0 Å². The van der Waals surface area contributed by atoms with Crippen molar-refractivity contribution in [2.75, 3.05) is 0 Å². The summed E-state index contributed by atoms with van der Waals surface area (Å²) in [6.45, 7) is 0. The fraction of sp³-hybridized carbons (Fsp3) is 0. The Hall–Kier alpha value is -3.41. The van der Waals surface area contributed by atoms with E-state index < -0.39 is 5.97 Å². The molecule has 0 saturated heterocycles. The molecule has 0 unspecified atom stereocenters. The second kappa shape index (κ2) is 5.10. The summed E-state index contributed by atoms with van der Waals surface area (Å²) in [4.78, 5) is 11.0. The van der Waals surface area contributed by atoms with Gasteiger partial charge in [-0.05, 0) is 30.3 Å². The molecular formula is C17H12N4O2. The number of fused-ring (bicyclic) bond motifs is 1. The van der Waals surface area contributed by atoms with E-state index >= 15 is 0 Å². The smallest absolute Gasteiger partial charge is 0.335 e. The molecule has 0 bridgehead atoms. The molecule has 0 aliphatic heterocycles. The van der Waals surface area contributed by atoms with Gasteiger partial charge in [0.15, 0.2) is 0 Å². The maximum Gasteiger partial charge on any atom is 0.335 e. The van der Waals surface area contributed by atoms with E-state index in [2.05, 4.69) is 15.3 Å². The first-order valence-corrected chi connectivity index (χ1v) is 7.04. The third kappa shape index (κ3) is 2.26. The molecule has 0 radical (unpaired) electrons. The van der Waals surface area contributed by atoms with Gasteiger partial charge in [0.2, 0.25) is 0 Å². The zero-order valence-corrected chi connectivity index (χ0v) is 12.0. The maximum atomic E-state index is 11.0. The van der Waals surface area contributed by atoms with Crippen molar-refractivity contribution in [3.05, 3.63) is 66.5 Å². The highest BCUT2D eigenvalue weighted by Gasteiger charge is 2.12. The Labute approximate surface area is 131 Å². The number of benzene rings is 2. The molecule has 23 heavy (non-hydrogen) atoms. The number of aromatic amines is 1. The van der Waals surface area contributed by atoms with Crippen LogP contribution in [-0.4, -0.2) is 31.1 Å². The molecule has 2 aromatic carbocycles. The Balaban J connectivity index is 1.78. The summed E-state index contributed by atoms with van der Waals surface area (Å²) in [6, 6.07) is 14.7. The van der Waals surface area contributed by atoms with Gasteiger partial charge < -0.3 is 5.11 Å². The number of H-pyrrole nitrogens is 1. The van der Waals surface area contributed by atoms with Crippen LogP contribution < -0.4 is 0 Å². The predicted octanol–water partition coefficient (Wildman–Crippen LogP) is 3.11. The largest absolute Gasteiger partial charge is 0.478 e. The minimum atomic E-state index is -0.958. The Morgan fingerprint density at radius 3 is 2.74 bits per heavy atom. The van der Waals surface area contributed by atoms with E-state index in [0.717, 1.165) is 22.3 Å². The molecule has 0 saturated carbocycles. The first-order valence-electron chi connectivity index (χ1n) is 7.04. The van der Waals surface area contributed by atoms with E-state index in [0.29, 0.717) is 5.52 Å². The summed E-state index contributed by atoms with van der Waals surface area (Å²) >= 11 is 0. The van der Waals surface area contributed by atoms with Gasteiger partial charge in [-0.3, -0.25) is 5.10 Å². The molecule has 4 aromatic rings. The molecule has 0 atom stereocenters. The van der Waals surface area contributed by atoms with Crippen molar-refractivity contribution in [1.82, 2.24) is 20.0 Å². The molecule has 0 aliphatic carbocycles. The van der Waals surface area contributed by atoms with Crippen molar-refractivity contribution in [2.45, 2.75) is 0 Å². The van der Waals surface area contributed by atoms with Crippen LogP contribution in [0.15, 0.2) is 60.9 Å². The number of carbonyl (C=O) groups is 1.